The first kappa shape index (κ1) is 14.8. The van der Waals surface area contributed by atoms with Gasteiger partial charge in [0.25, 0.3) is 0 Å². The highest BCUT2D eigenvalue weighted by atomic mass is 16.5. The number of hydrogen-bond donors (Lipinski definition) is 1. The molecule has 1 aliphatic heterocycles. The minimum Gasteiger partial charge on any atom is -0.450 e. The Hall–Kier alpha value is -1.63. The largest absolute Gasteiger partial charge is 0.450 e. The lowest BCUT2D eigenvalue weighted by Crippen LogP contribution is -2.48. The van der Waals surface area contributed by atoms with Gasteiger partial charge in [-0.2, -0.15) is 4.98 Å². The van der Waals surface area contributed by atoms with Crippen LogP contribution in [0.5, 0.6) is 0 Å². The molecule has 0 radical (unpaired) electrons. The quantitative estimate of drug-likeness (QED) is 0.904. The molecule has 1 amide bonds. The molecule has 0 aromatic carbocycles. The van der Waals surface area contributed by atoms with Crippen molar-refractivity contribution in [2.45, 2.75) is 45.7 Å². The summed E-state index contributed by atoms with van der Waals surface area (Å²) in [4.78, 5) is 18.0. The van der Waals surface area contributed by atoms with Gasteiger partial charge in [0.15, 0.2) is 5.82 Å². The third kappa shape index (κ3) is 3.69. The number of nitrogens with zero attached hydrogens (tertiary/aromatic N) is 3. The molecule has 0 bridgehead atoms. The molecule has 0 aliphatic carbocycles. The average molecular weight is 282 g/mol. The van der Waals surface area contributed by atoms with E-state index in [1.807, 2.05) is 6.92 Å². The maximum atomic E-state index is 11.5. The standard InChI is InChI=1S/C13H22N4O3/c1-4-19-13(18)15-11-6-5-7-17(8-11)9(2)12-14-10(3)16-20-12/h9,11H,4-8H2,1-3H3,(H,15,18)/t9-,11-/m1/s1. The summed E-state index contributed by atoms with van der Waals surface area (Å²) in [5.74, 6) is 1.27. The van der Waals surface area contributed by atoms with E-state index >= 15 is 0 Å². The molecule has 0 unspecified atom stereocenters. The summed E-state index contributed by atoms with van der Waals surface area (Å²) in [5, 5.41) is 6.71. The van der Waals surface area contributed by atoms with Crippen molar-refractivity contribution in [3.63, 3.8) is 0 Å². The fourth-order valence-corrected chi connectivity index (χ4v) is 2.45. The second kappa shape index (κ2) is 6.69. The number of hydrogen-bond acceptors (Lipinski definition) is 6. The van der Waals surface area contributed by atoms with Crippen LogP contribution in [0.4, 0.5) is 4.79 Å². The molecule has 1 N–H and O–H groups in total. The van der Waals surface area contributed by atoms with E-state index < -0.39 is 0 Å². The van der Waals surface area contributed by atoms with Gasteiger partial charge in [-0.15, -0.1) is 0 Å². The Bertz CT molecular complexity index is 449. The number of piperidine rings is 1. The predicted octanol–water partition coefficient (Wildman–Crippen LogP) is 1.65. The van der Waals surface area contributed by atoms with Crippen molar-refractivity contribution in [2.75, 3.05) is 19.7 Å². The lowest BCUT2D eigenvalue weighted by molar-refractivity contribution is 0.110. The van der Waals surface area contributed by atoms with Gasteiger partial charge in [0, 0.05) is 12.6 Å². The lowest BCUT2D eigenvalue weighted by atomic mass is 10.0. The number of carbonyl (C=O) groups is 1. The Morgan fingerprint density at radius 1 is 1.65 bits per heavy atom. The number of aryl methyl sites for hydroxylation is 1. The van der Waals surface area contributed by atoms with Crippen molar-refractivity contribution >= 4 is 6.09 Å². The van der Waals surface area contributed by atoms with E-state index in [4.69, 9.17) is 9.26 Å². The van der Waals surface area contributed by atoms with E-state index in [2.05, 4.69) is 20.4 Å². The molecule has 2 heterocycles. The lowest BCUT2D eigenvalue weighted by Gasteiger charge is -2.35. The molecular weight excluding hydrogens is 260 g/mol. The van der Waals surface area contributed by atoms with Gasteiger partial charge in [-0.1, -0.05) is 5.16 Å². The summed E-state index contributed by atoms with van der Waals surface area (Å²) < 4.78 is 10.1. The van der Waals surface area contributed by atoms with Crippen LogP contribution in [0.25, 0.3) is 0 Å². The predicted molar refractivity (Wildman–Crippen MR) is 72.2 cm³/mol. The number of rotatable bonds is 4. The normalized spacial score (nSPS) is 21.4. The molecule has 1 aliphatic rings. The third-order valence-corrected chi connectivity index (χ3v) is 3.50. The Morgan fingerprint density at radius 2 is 2.45 bits per heavy atom. The van der Waals surface area contributed by atoms with Crippen molar-refractivity contribution in [3.8, 4) is 0 Å². The van der Waals surface area contributed by atoms with E-state index in [9.17, 15) is 4.79 Å². The molecule has 2 rings (SSSR count). The summed E-state index contributed by atoms with van der Waals surface area (Å²) in [6.45, 7) is 7.76. The van der Waals surface area contributed by atoms with Crippen LogP contribution in [0.15, 0.2) is 4.52 Å². The fraction of sp³-hybridized carbons (Fsp3) is 0.769. The number of nitrogens with one attached hydrogen (secondary N) is 1. The minimum absolute atomic E-state index is 0.0583. The number of ether oxygens (including phenoxy) is 1. The van der Waals surface area contributed by atoms with Crippen LogP contribution in [0, 0.1) is 6.92 Å². The Labute approximate surface area is 118 Å². The first-order valence-corrected chi connectivity index (χ1v) is 7.07. The number of alkyl carbamates (subject to hydrolysis) is 1. The van der Waals surface area contributed by atoms with Gasteiger partial charge in [-0.05, 0) is 40.2 Å². The molecule has 7 nitrogen and oxygen atoms in total. The van der Waals surface area contributed by atoms with Crippen molar-refractivity contribution in [2.24, 2.45) is 0 Å². The zero-order valence-electron chi connectivity index (χ0n) is 12.3. The highest BCUT2D eigenvalue weighted by molar-refractivity contribution is 5.67. The van der Waals surface area contributed by atoms with Crippen LogP contribution < -0.4 is 5.32 Å². The molecule has 0 spiro atoms. The summed E-state index contributed by atoms with van der Waals surface area (Å²) in [6, 6.07) is 0.164. The van der Waals surface area contributed by atoms with Crippen molar-refractivity contribution < 1.29 is 14.1 Å². The average Bonchev–Trinajstić information content (AvgIpc) is 2.85. The Morgan fingerprint density at radius 3 is 3.10 bits per heavy atom. The molecule has 1 aromatic rings. The highest BCUT2D eigenvalue weighted by Crippen LogP contribution is 2.23. The molecule has 1 saturated heterocycles. The van der Waals surface area contributed by atoms with Gasteiger partial charge in [0.2, 0.25) is 5.89 Å². The van der Waals surface area contributed by atoms with Gasteiger partial charge < -0.3 is 14.6 Å². The third-order valence-electron chi connectivity index (χ3n) is 3.50. The Kier molecular flexibility index (Phi) is 4.94. The SMILES string of the molecule is CCOC(=O)N[C@@H]1CCCN([C@H](C)c2nc(C)no2)C1. The van der Waals surface area contributed by atoms with Gasteiger partial charge in [-0.3, -0.25) is 4.90 Å². The minimum atomic E-state index is -0.347. The number of carbonyl (C=O) groups excluding carboxylic acids is 1. The van der Waals surface area contributed by atoms with E-state index in [-0.39, 0.29) is 18.2 Å². The van der Waals surface area contributed by atoms with Crippen LogP contribution in [0.2, 0.25) is 0 Å². The zero-order chi connectivity index (χ0) is 14.5. The van der Waals surface area contributed by atoms with Gasteiger partial charge >= 0.3 is 6.09 Å². The highest BCUT2D eigenvalue weighted by Gasteiger charge is 2.28. The number of aromatic nitrogens is 2. The van der Waals surface area contributed by atoms with E-state index in [0.717, 1.165) is 25.9 Å². The molecule has 7 heteroatoms. The van der Waals surface area contributed by atoms with Crippen molar-refractivity contribution in [1.82, 2.24) is 20.4 Å². The second-order valence-corrected chi connectivity index (χ2v) is 5.05. The topological polar surface area (TPSA) is 80.5 Å². The van der Waals surface area contributed by atoms with Crippen LogP contribution in [0.1, 0.15) is 44.4 Å². The van der Waals surface area contributed by atoms with Gasteiger partial charge in [0.05, 0.1) is 12.6 Å². The first-order chi connectivity index (χ1) is 9.60. The number of amides is 1. The molecule has 1 fully saturated rings. The molecule has 0 saturated carbocycles. The fourth-order valence-electron chi connectivity index (χ4n) is 2.45. The van der Waals surface area contributed by atoms with E-state index in [0.29, 0.717) is 18.3 Å². The van der Waals surface area contributed by atoms with Crippen molar-refractivity contribution in [1.29, 1.82) is 0 Å². The molecule has 20 heavy (non-hydrogen) atoms. The maximum absolute atomic E-state index is 11.5. The molecule has 1 aromatic heterocycles. The summed E-state index contributed by atoms with van der Waals surface area (Å²) in [6.07, 6.45) is 1.64. The van der Waals surface area contributed by atoms with Crippen LogP contribution in [-0.4, -0.2) is 46.9 Å². The zero-order valence-corrected chi connectivity index (χ0v) is 12.3. The maximum Gasteiger partial charge on any atom is 0.407 e. The molecule has 112 valence electrons. The second-order valence-electron chi connectivity index (χ2n) is 5.05. The first-order valence-electron chi connectivity index (χ1n) is 7.07. The summed E-state index contributed by atoms with van der Waals surface area (Å²) in [7, 11) is 0. The monoisotopic (exact) mass is 282 g/mol. The van der Waals surface area contributed by atoms with Gasteiger partial charge in [-0.25, -0.2) is 4.79 Å². The smallest absolute Gasteiger partial charge is 0.407 e. The van der Waals surface area contributed by atoms with Gasteiger partial charge in [0.1, 0.15) is 0 Å². The van der Waals surface area contributed by atoms with Crippen LogP contribution in [0.3, 0.4) is 0 Å². The molecular formula is C13H22N4O3. The number of likely N-dealkylation sites (tertiary alicyclic amines) is 1. The van der Waals surface area contributed by atoms with Crippen molar-refractivity contribution in [3.05, 3.63) is 11.7 Å². The Balaban J connectivity index is 1.91. The van der Waals surface area contributed by atoms with Crippen LogP contribution in [-0.2, 0) is 4.74 Å². The summed E-state index contributed by atoms with van der Waals surface area (Å²) >= 11 is 0. The molecule has 2 atom stereocenters. The summed E-state index contributed by atoms with van der Waals surface area (Å²) in [5.41, 5.74) is 0. The van der Waals surface area contributed by atoms with E-state index in [1.165, 1.54) is 0 Å². The van der Waals surface area contributed by atoms with E-state index in [1.54, 1.807) is 13.8 Å². The van der Waals surface area contributed by atoms with Crippen LogP contribution >= 0.6 is 0 Å².